The quantitative estimate of drug-likeness (QED) is 0.0535. The fraction of sp³-hybridized carbons (Fsp3) is 0.440. The Balaban J connectivity index is 1.08. The van der Waals surface area contributed by atoms with Gasteiger partial charge in [0, 0.05) is 103 Å². The number of hydrogen-bond acceptors (Lipinski definition) is 9. The molecule has 69 heavy (non-hydrogen) atoms. The smallest absolute Gasteiger partial charge is 0.369 e. The van der Waals surface area contributed by atoms with E-state index in [1.807, 2.05) is 54.6 Å². The van der Waals surface area contributed by atoms with Gasteiger partial charge in [0.05, 0.1) is 12.3 Å². The molecule has 0 aromatic heterocycles. The van der Waals surface area contributed by atoms with Crippen LogP contribution in [-0.4, -0.2) is 123 Å². The zero-order chi connectivity index (χ0) is 49.6. The van der Waals surface area contributed by atoms with Gasteiger partial charge in [0.1, 0.15) is 5.69 Å². The highest BCUT2D eigenvalue weighted by Gasteiger charge is 2.62. The molecule has 3 aliphatic rings. The largest absolute Gasteiger partial charge is 0.614 e. The predicted octanol–water partition coefficient (Wildman–Crippen LogP) is 9.99. The van der Waals surface area contributed by atoms with Crippen molar-refractivity contribution in [3.63, 3.8) is 0 Å². The number of nitrogens with one attached hydrogen (secondary N) is 2. The highest BCUT2D eigenvalue weighted by Crippen LogP contribution is 2.45. The van der Waals surface area contributed by atoms with E-state index in [1.165, 1.54) is 34.5 Å². The molecule has 2 heterocycles. The van der Waals surface area contributed by atoms with Crippen LogP contribution in [0.3, 0.4) is 0 Å². The van der Waals surface area contributed by atoms with Gasteiger partial charge in [0.25, 0.3) is 5.91 Å². The lowest BCUT2D eigenvalue weighted by Crippen LogP contribution is -2.48. The predicted molar refractivity (Wildman–Crippen MR) is 280 cm³/mol. The summed E-state index contributed by atoms with van der Waals surface area (Å²) in [6, 6.07) is 27.2. The molecule has 0 bridgehead atoms. The molecule has 2 saturated heterocycles. The number of carbonyl (C=O) groups is 1. The maximum absolute atomic E-state index is 14.7. The van der Waals surface area contributed by atoms with Crippen LogP contribution in [0, 0.1) is 5.41 Å². The fourth-order valence-electron chi connectivity index (χ4n) is 9.28. The van der Waals surface area contributed by atoms with Crippen LogP contribution in [0.2, 0.25) is 5.02 Å². The summed E-state index contributed by atoms with van der Waals surface area (Å²) in [5.74, 6) is -0.340. The van der Waals surface area contributed by atoms with Crippen molar-refractivity contribution in [3.05, 3.63) is 119 Å². The third-order valence-corrected chi connectivity index (χ3v) is 18.8. The lowest BCUT2D eigenvalue weighted by molar-refractivity contribution is -0.0498. The number of rotatable bonds is 17. The summed E-state index contributed by atoms with van der Waals surface area (Å²) in [6.07, 6.45) is 4.36. The van der Waals surface area contributed by atoms with E-state index in [0.717, 1.165) is 103 Å². The van der Waals surface area contributed by atoms with Crippen molar-refractivity contribution in [2.24, 2.45) is 5.41 Å². The molecule has 1 aliphatic carbocycles. The average Bonchev–Trinajstić information content (AvgIpc) is 3.32. The number of anilines is 2. The Morgan fingerprint density at radius 3 is 2.26 bits per heavy atom. The molecule has 19 heteroatoms. The molecule has 4 aromatic rings. The fourth-order valence-corrected chi connectivity index (χ4v) is 14.2. The molecular weight excluding hydrogens is 985 g/mol. The number of carbonyl (C=O) groups excluding carboxylic acids is 1. The van der Waals surface area contributed by atoms with E-state index in [0.29, 0.717) is 25.2 Å². The van der Waals surface area contributed by atoms with Crippen LogP contribution in [0.4, 0.5) is 24.5 Å². The van der Waals surface area contributed by atoms with Gasteiger partial charge in [-0.2, -0.15) is 4.55 Å². The highest BCUT2D eigenvalue weighted by molar-refractivity contribution is 8.13. The molecule has 3 N–H and O–H groups in total. The third kappa shape index (κ3) is 13.6. The molecule has 0 spiro atoms. The molecule has 3 atom stereocenters. The number of piperazine rings is 2. The molecule has 0 saturated carbocycles. The minimum absolute atomic E-state index is 0.0995. The molecule has 0 radical (unpaired) electrons. The van der Waals surface area contributed by atoms with Crippen LogP contribution in [0.5, 0.6) is 0 Å². The molecule has 374 valence electrons. The first-order valence-corrected chi connectivity index (χ1v) is 29.2. The molecule has 2 fully saturated rings. The van der Waals surface area contributed by atoms with Gasteiger partial charge in [-0.3, -0.25) is 18.7 Å². The molecule has 11 nitrogen and oxygen atoms in total. The van der Waals surface area contributed by atoms with Gasteiger partial charge >= 0.3 is 15.7 Å². The second kappa shape index (κ2) is 22.8. The SMILES string of the molecule is C/C=S(/NC(=O)c1ccc(N2CCN(CC3=C(c4ccc(Cl)cc4)CCC(C)(C)C3)CC2)cc1)c1ccc(N([C@H](CCN2CCNCC2)CSc2ccccc2)S(C)(=O)=O)c([S+](=O)(O)C(F)(F)F)c1. The zero-order valence-corrected chi connectivity index (χ0v) is 43.5. The Labute approximate surface area is 418 Å². The minimum atomic E-state index is -5.86. The Kier molecular flexibility index (Phi) is 17.5. The second-order valence-electron chi connectivity index (χ2n) is 18.6. The maximum atomic E-state index is 14.7. The zero-order valence-electron chi connectivity index (χ0n) is 39.5. The Morgan fingerprint density at radius 2 is 1.64 bits per heavy atom. The van der Waals surface area contributed by atoms with Gasteiger partial charge in [-0.15, -0.1) is 24.9 Å². The summed E-state index contributed by atoms with van der Waals surface area (Å²) >= 11 is 7.56. The first-order valence-electron chi connectivity index (χ1n) is 23.2. The number of halogens is 4. The third-order valence-electron chi connectivity index (χ3n) is 13.0. The lowest BCUT2D eigenvalue weighted by Gasteiger charge is -2.39. The summed E-state index contributed by atoms with van der Waals surface area (Å²) in [6.45, 7) is 13.9. The van der Waals surface area contributed by atoms with Crippen LogP contribution in [0.15, 0.2) is 117 Å². The molecule has 7 rings (SSSR count). The van der Waals surface area contributed by atoms with E-state index in [2.05, 4.69) is 50.7 Å². The number of nitrogens with zero attached hydrogens (tertiary/aromatic N) is 4. The molecule has 4 aromatic carbocycles. The van der Waals surface area contributed by atoms with E-state index in [1.54, 1.807) is 24.4 Å². The van der Waals surface area contributed by atoms with Gasteiger partial charge in [-0.25, -0.2) is 8.42 Å². The van der Waals surface area contributed by atoms with Crippen LogP contribution >= 0.6 is 34.0 Å². The van der Waals surface area contributed by atoms with E-state index in [9.17, 15) is 35.1 Å². The van der Waals surface area contributed by atoms with Crippen molar-refractivity contribution in [1.29, 1.82) is 0 Å². The summed E-state index contributed by atoms with van der Waals surface area (Å²) in [5.41, 5.74) is -0.522. The van der Waals surface area contributed by atoms with Crippen molar-refractivity contribution in [3.8, 4) is 0 Å². The summed E-state index contributed by atoms with van der Waals surface area (Å²) < 4.78 is 99.9. The molecular formula is C50H63ClF3N6O5S4+. The van der Waals surface area contributed by atoms with Gasteiger partial charge in [0.2, 0.25) is 14.9 Å². The number of amides is 1. The van der Waals surface area contributed by atoms with Gasteiger partial charge in [0.15, 0.2) is 0 Å². The molecule has 1 amide bonds. The van der Waals surface area contributed by atoms with Crippen LogP contribution in [-0.2, 0) is 24.4 Å². The maximum Gasteiger partial charge on any atom is 0.614 e. The number of sulfonamides is 1. The minimum Gasteiger partial charge on any atom is -0.369 e. The summed E-state index contributed by atoms with van der Waals surface area (Å²) in [4.78, 5) is 20.6. The second-order valence-corrected chi connectivity index (χ2v) is 25.7. The molecule has 2 aliphatic heterocycles. The standard InChI is InChI=1S/C50H62ClF3N6O5S4/c1-5-67(56-48(61)38-13-17-41(18-14-38)59-31-29-58(30-32-59)35-39-34-49(2,3)23-21-45(39)37-11-15-40(51)16-12-37)44-19-20-46(47(33-44)69(64,65)50(52,53)54)60(68(4,62)63)42(22-26-57-27-24-55-25-28-57)36-66-43-9-7-6-8-10-43/h5-20,33,42,55H,21-32,34-36H2,1-4H3,(H-,56,61,64,65)/p+1/t42-,67?/m1/s1. The van der Waals surface area contributed by atoms with E-state index in [4.69, 9.17) is 11.6 Å². The van der Waals surface area contributed by atoms with Crippen LogP contribution in [0.25, 0.3) is 5.57 Å². The van der Waals surface area contributed by atoms with Gasteiger partial charge in [-0.1, -0.05) is 76.2 Å². The number of benzene rings is 4. The van der Waals surface area contributed by atoms with Crippen molar-refractivity contribution in [2.45, 2.75) is 72.7 Å². The van der Waals surface area contributed by atoms with Crippen molar-refractivity contribution < 1.29 is 35.1 Å². The van der Waals surface area contributed by atoms with Crippen molar-refractivity contribution >= 4 is 82.5 Å². The number of alkyl halides is 3. The van der Waals surface area contributed by atoms with Crippen molar-refractivity contribution in [1.82, 2.24) is 19.8 Å². The van der Waals surface area contributed by atoms with Gasteiger partial charge in [-0.05, 0) is 115 Å². The number of hydrogen-bond donors (Lipinski definition) is 3. The Hall–Kier alpha value is -3.72. The lowest BCUT2D eigenvalue weighted by atomic mass is 9.73. The number of allylic oxidation sites excluding steroid dienone is 1. The van der Waals surface area contributed by atoms with E-state index < -0.39 is 58.9 Å². The monoisotopic (exact) mass is 1050 g/mol. The van der Waals surface area contributed by atoms with Crippen LogP contribution < -0.4 is 19.2 Å². The summed E-state index contributed by atoms with van der Waals surface area (Å²) in [5, 5.41) is 5.59. The normalized spacial score (nSPS) is 19.2. The average molecular weight is 1050 g/mol. The van der Waals surface area contributed by atoms with Gasteiger partial charge < -0.3 is 15.1 Å². The van der Waals surface area contributed by atoms with Crippen molar-refractivity contribution in [2.75, 3.05) is 86.7 Å². The molecule has 2 unspecified atom stereocenters. The number of thioether (sulfide) groups is 1. The first-order chi connectivity index (χ1) is 32.7. The first kappa shape index (κ1) is 53.1. The van der Waals surface area contributed by atoms with E-state index in [-0.39, 0.29) is 22.5 Å². The topological polar surface area (TPSA) is 126 Å². The van der Waals surface area contributed by atoms with E-state index >= 15 is 0 Å². The Bertz CT molecular complexity index is 2640. The van der Waals surface area contributed by atoms with Crippen LogP contribution in [0.1, 0.15) is 62.4 Å². The Morgan fingerprint density at radius 1 is 0.971 bits per heavy atom. The highest BCUT2D eigenvalue weighted by atomic mass is 35.5. The summed E-state index contributed by atoms with van der Waals surface area (Å²) in [7, 11) is -11.6.